The van der Waals surface area contributed by atoms with Crippen LogP contribution in [-0.4, -0.2) is 58.4 Å². The fraction of sp³-hybridized carbons (Fsp3) is 0.417. The Balaban J connectivity index is 1.23. The monoisotopic (exact) mass is 593 g/mol. The number of amides is 1. The van der Waals surface area contributed by atoms with E-state index in [1.54, 1.807) is 0 Å². The molecule has 6 rings (SSSR count). The molecule has 2 aromatic carbocycles. The number of pyridine rings is 1. The molecule has 1 unspecified atom stereocenters. The lowest BCUT2D eigenvalue weighted by Crippen LogP contribution is -2.38. The maximum atomic E-state index is 14.5. The maximum absolute atomic E-state index is 14.5. The summed E-state index contributed by atoms with van der Waals surface area (Å²) in [6.45, 7) is 10.4. The van der Waals surface area contributed by atoms with Gasteiger partial charge in [0.15, 0.2) is 0 Å². The van der Waals surface area contributed by atoms with Crippen molar-refractivity contribution in [3.63, 3.8) is 0 Å². The van der Waals surface area contributed by atoms with Crippen LogP contribution in [0.2, 0.25) is 0 Å². The van der Waals surface area contributed by atoms with Crippen LogP contribution < -0.4 is 9.64 Å². The molecule has 1 fully saturated rings. The normalized spacial score (nSPS) is 16.9. The number of nitrogens with zero attached hydrogens (tertiary/aromatic N) is 5. The highest BCUT2D eigenvalue weighted by molar-refractivity contribution is 5.98. The Bertz CT molecular complexity index is 1510. The van der Waals surface area contributed by atoms with Gasteiger partial charge in [-0.1, -0.05) is 56.3 Å². The van der Waals surface area contributed by atoms with Crippen molar-refractivity contribution >= 4 is 11.6 Å². The van der Waals surface area contributed by atoms with Crippen LogP contribution in [0.15, 0.2) is 79.3 Å². The molecule has 8 heteroatoms. The van der Waals surface area contributed by atoms with Crippen LogP contribution in [0.25, 0.3) is 0 Å². The van der Waals surface area contributed by atoms with Gasteiger partial charge < -0.3 is 14.4 Å². The molecule has 3 heterocycles. The molecule has 44 heavy (non-hydrogen) atoms. The number of fused-ring (bicyclic) bond motifs is 1. The van der Waals surface area contributed by atoms with Gasteiger partial charge in [0.2, 0.25) is 5.91 Å². The molecule has 1 saturated heterocycles. The fourth-order valence-electron chi connectivity index (χ4n) is 6.19. The summed E-state index contributed by atoms with van der Waals surface area (Å²) in [4.78, 5) is 23.5. The van der Waals surface area contributed by atoms with Crippen molar-refractivity contribution in [2.24, 2.45) is 0 Å². The van der Waals surface area contributed by atoms with Crippen LogP contribution in [0.5, 0.6) is 5.75 Å². The summed E-state index contributed by atoms with van der Waals surface area (Å²) in [6.07, 6.45) is 8.46. The van der Waals surface area contributed by atoms with E-state index in [4.69, 9.17) is 14.5 Å². The molecule has 230 valence electrons. The third-order valence-electron chi connectivity index (χ3n) is 8.72. The van der Waals surface area contributed by atoms with Crippen LogP contribution in [0.3, 0.4) is 0 Å². The molecule has 2 aliphatic rings. The molecule has 1 aliphatic carbocycles. The maximum Gasteiger partial charge on any atom is 0.234 e. The molecule has 4 aromatic rings. The van der Waals surface area contributed by atoms with Crippen molar-refractivity contribution in [3.05, 3.63) is 107 Å². The SMILES string of the molecule is CC(C)c1ccc(N(Cc2cnn(CCN3CCOCC3)c2)C(=O)C2CCCc3c(OCc4ccccc4)cccc32)cn1. The first-order valence-corrected chi connectivity index (χ1v) is 15.9. The van der Waals surface area contributed by atoms with Gasteiger partial charge >= 0.3 is 0 Å². The lowest BCUT2D eigenvalue weighted by Gasteiger charge is -2.31. The number of anilines is 1. The zero-order valence-electron chi connectivity index (χ0n) is 25.9. The van der Waals surface area contributed by atoms with Crippen molar-refractivity contribution in [2.75, 3.05) is 37.7 Å². The molecule has 0 saturated carbocycles. The second-order valence-corrected chi connectivity index (χ2v) is 12.1. The van der Waals surface area contributed by atoms with E-state index in [-0.39, 0.29) is 11.8 Å². The Kier molecular flexibility index (Phi) is 9.68. The summed E-state index contributed by atoms with van der Waals surface area (Å²) < 4.78 is 13.8. The largest absolute Gasteiger partial charge is 0.489 e. The fourth-order valence-corrected chi connectivity index (χ4v) is 6.19. The number of carbonyl (C=O) groups excluding carboxylic acids is 1. The first-order chi connectivity index (χ1) is 21.5. The Morgan fingerprint density at radius 3 is 2.61 bits per heavy atom. The van der Waals surface area contributed by atoms with Gasteiger partial charge in [0, 0.05) is 37.1 Å². The lowest BCUT2D eigenvalue weighted by atomic mass is 9.81. The third-order valence-corrected chi connectivity index (χ3v) is 8.72. The van der Waals surface area contributed by atoms with Crippen LogP contribution in [-0.2, 0) is 35.6 Å². The number of rotatable bonds is 11. The van der Waals surface area contributed by atoms with E-state index in [0.29, 0.717) is 19.1 Å². The standard InChI is InChI=1S/C36H43N5O3/c1-27(2)34-15-14-30(23-37-34)41(25-29-22-38-40(24-29)17-16-39-18-20-43-21-19-39)36(42)33-12-6-11-32-31(33)10-7-13-35(32)44-26-28-8-4-3-5-9-28/h3-5,7-10,13-15,22-24,27,33H,6,11-12,16-21,25-26H2,1-2H3. The molecule has 2 aromatic heterocycles. The number of morpholine rings is 1. The van der Waals surface area contributed by atoms with Crippen molar-refractivity contribution in [2.45, 2.75) is 64.6 Å². The molecule has 8 nitrogen and oxygen atoms in total. The van der Waals surface area contributed by atoms with Gasteiger partial charge in [-0.3, -0.25) is 19.4 Å². The van der Waals surface area contributed by atoms with Gasteiger partial charge in [0.25, 0.3) is 0 Å². The van der Waals surface area contributed by atoms with Crippen LogP contribution in [0.4, 0.5) is 5.69 Å². The summed E-state index contributed by atoms with van der Waals surface area (Å²) in [5, 5.41) is 4.64. The van der Waals surface area contributed by atoms with Gasteiger partial charge in [-0.15, -0.1) is 0 Å². The van der Waals surface area contributed by atoms with Crippen molar-refractivity contribution in [1.29, 1.82) is 0 Å². The zero-order valence-corrected chi connectivity index (χ0v) is 25.9. The number of benzene rings is 2. The predicted octanol–water partition coefficient (Wildman–Crippen LogP) is 5.97. The second-order valence-electron chi connectivity index (χ2n) is 12.1. The van der Waals surface area contributed by atoms with Crippen LogP contribution in [0, 0.1) is 0 Å². The van der Waals surface area contributed by atoms with Gasteiger partial charge in [0.05, 0.1) is 50.3 Å². The van der Waals surface area contributed by atoms with Crippen LogP contribution in [0.1, 0.15) is 66.5 Å². The van der Waals surface area contributed by atoms with Crippen molar-refractivity contribution in [1.82, 2.24) is 19.7 Å². The number of carbonyl (C=O) groups is 1. The highest BCUT2D eigenvalue weighted by Crippen LogP contribution is 2.39. The number of ether oxygens (including phenoxy) is 2. The van der Waals surface area contributed by atoms with E-state index < -0.39 is 0 Å². The zero-order chi connectivity index (χ0) is 30.3. The molecule has 1 aliphatic heterocycles. The summed E-state index contributed by atoms with van der Waals surface area (Å²) >= 11 is 0. The average Bonchev–Trinajstić information content (AvgIpc) is 3.53. The minimum absolute atomic E-state index is 0.0892. The van der Waals surface area contributed by atoms with E-state index >= 15 is 0 Å². The molecule has 0 radical (unpaired) electrons. The Morgan fingerprint density at radius 2 is 1.84 bits per heavy atom. The number of aromatic nitrogens is 3. The van der Waals surface area contributed by atoms with E-state index in [2.05, 4.69) is 48.2 Å². The topological polar surface area (TPSA) is 72.7 Å². The summed E-state index contributed by atoms with van der Waals surface area (Å²) in [7, 11) is 0. The second kappa shape index (κ2) is 14.2. The molecular formula is C36H43N5O3. The van der Waals surface area contributed by atoms with E-state index in [1.165, 1.54) is 0 Å². The molecule has 0 bridgehead atoms. The summed E-state index contributed by atoms with van der Waals surface area (Å²) in [5.41, 5.74) is 6.18. The first-order valence-electron chi connectivity index (χ1n) is 15.9. The highest BCUT2D eigenvalue weighted by atomic mass is 16.5. The quantitative estimate of drug-likeness (QED) is 0.214. The third kappa shape index (κ3) is 7.20. The minimum Gasteiger partial charge on any atom is -0.489 e. The molecule has 1 amide bonds. The molecule has 1 atom stereocenters. The number of hydrogen-bond donors (Lipinski definition) is 0. The van der Waals surface area contributed by atoms with Crippen molar-refractivity contribution in [3.8, 4) is 5.75 Å². The number of hydrogen-bond acceptors (Lipinski definition) is 6. The highest BCUT2D eigenvalue weighted by Gasteiger charge is 2.32. The van der Waals surface area contributed by atoms with E-state index in [0.717, 1.165) is 98.0 Å². The Labute approximate surface area is 260 Å². The molecule has 0 N–H and O–H groups in total. The summed E-state index contributed by atoms with van der Waals surface area (Å²) in [5.74, 6) is 1.03. The average molecular weight is 594 g/mol. The predicted molar refractivity (Wildman–Crippen MR) is 172 cm³/mol. The van der Waals surface area contributed by atoms with E-state index in [9.17, 15) is 4.79 Å². The molecular weight excluding hydrogens is 550 g/mol. The summed E-state index contributed by atoms with van der Waals surface area (Å²) in [6, 6.07) is 20.4. The Hall–Kier alpha value is -4.01. The minimum atomic E-state index is -0.250. The van der Waals surface area contributed by atoms with Crippen LogP contribution >= 0.6 is 0 Å². The Morgan fingerprint density at radius 1 is 1.00 bits per heavy atom. The van der Waals surface area contributed by atoms with Gasteiger partial charge in [0.1, 0.15) is 12.4 Å². The first kappa shape index (κ1) is 30.0. The molecule has 0 spiro atoms. The van der Waals surface area contributed by atoms with Gasteiger partial charge in [-0.05, 0) is 60.1 Å². The van der Waals surface area contributed by atoms with Gasteiger partial charge in [-0.2, -0.15) is 5.10 Å². The lowest BCUT2D eigenvalue weighted by molar-refractivity contribution is -0.120. The van der Waals surface area contributed by atoms with Gasteiger partial charge in [-0.25, -0.2) is 0 Å². The smallest absolute Gasteiger partial charge is 0.234 e. The van der Waals surface area contributed by atoms with Crippen molar-refractivity contribution < 1.29 is 14.3 Å². The van der Waals surface area contributed by atoms with E-state index in [1.807, 2.05) is 64.4 Å².